The molecule has 0 rings (SSSR count). The number of hydrogen-bond donors (Lipinski definition) is 2. The first kappa shape index (κ1) is 45.3. The maximum Gasteiger partial charge on any atom is 0.0972 e. The predicted octanol–water partition coefficient (Wildman–Crippen LogP) is 12.3. The van der Waals surface area contributed by atoms with Crippen LogP contribution in [-0.2, 0) is 9.47 Å². The van der Waals surface area contributed by atoms with Gasteiger partial charge in [0.15, 0.2) is 0 Å². The number of unbranched alkanes of at least 4 members (excludes halogenated alkanes) is 24. The zero-order chi connectivity index (χ0) is 33.4. The molecule has 0 bridgehead atoms. The molecule has 0 aliphatic heterocycles. The molecule has 0 amide bonds. The van der Waals surface area contributed by atoms with Crippen LogP contribution in [0.3, 0.4) is 0 Å². The van der Waals surface area contributed by atoms with Gasteiger partial charge in [0, 0.05) is 26.3 Å². The smallest absolute Gasteiger partial charge is 0.0972 e. The molecule has 0 fully saturated rings. The van der Waals surface area contributed by atoms with E-state index in [0.29, 0.717) is 0 Å². The lowest BCUT2D eigenvalue weighted by atomic mass is 10.1. The van der Waals surface area contributed by atoms with Crippen LogP contribution in [0.15, 0.2) is 24.3 Å². The Balaban J connectivity index is 3.77. The summed E-state index contributed by atoms with van der Waals surface area (Å²) in [6, 6.07) is 0. The minimum Gasteiger partial charge on any atom is -0.374 e. The summed E-state index contributed by atoms with van der Waals surface area (Å²) in [4.78, 5) is 0. The standard InChI is InChI=1S/C42H84N2O2/c1-5-7-9-11-13-15-17-19-21-23-25-27-29-31-33-35-37-45-41(39-43-3)42(40-44-4)46-38-36-34-32-30-28-26-24-22-20-18-16-14-12-10-8-6-2/h19-22,41-44H,5-18,23-40H2,1-4H3. The molecule has 4 heteroatoms. The van der Waals surface area contributed by atoms with Gasteiger partial charge in [-0.25, -0.2) is 0 Å². The first-order chi connectivity index (χ1) is 22.8. The summed E-state index contributed by atoms with van der Waals surface area (Å²) in [6.45, 7) is 7.93. The van der Waals surface area contributed by atoms with Crippen LogP contribution < -0.4 is 10.6 Å². The highest BCUT2D eigenvalue weighted by Crippen LogP contribution is 2.13. The second kappa shape index (κ2) is 40.5. The van der Waals surface area contributed by atoms with E-state index in [9.17, 15) is 0 Å². The van der Waals surface area contributed by atoms with Gasteiger partial charge in [0.25, 0.3) is 0 Å². The van der Waals surface area contributed by atoms with Crippen molar-refractivity contribution in [3.63, 3.8) is 0 Å². The molecule has 0 aromatic carbocycles. The van der Waals surface area contributed by atoms with Gasteiger partial charge in [-0.1, -0.05) is 154 Å². The van der Waals surface area contributed by atoms with E-state index in [1.807, 2.05) is 14.1 Å². The number of hydrogen-bond acceptors (Lipinski definition) is 4. The second-order valence-electron chi connectivity index (χ2n) is 13.8. The fourth-order valence-electron chi connectivity index (χ4n) is 6.17. The Bertz CT molecular complexity index is 556. The lowest BCUT2D eigenvalue weighted by Gasteiger charge is -2.27. The summed E-state index contributed by atoms with van der Waals surface area (Å²) in [5, 5.41) is 6.66. The van der Waals surface area contributed by atoms with Crippen molar-refractivity contribution in [2.75, 3.05) is 40.4 Å². The van der Waals surface area contributed by atoms with Crippen molar-refractivity contribution in [1.82, 2.24) is 10.6 Å². The Kier molecular flexibility index (Phi) is 39.9. The van der Waals surface area contributed by atoms with Crippen molar-refractivity contribution in [2.24, 2.45) is 0 Å². The minimum atomic E-state index is 0.106. The Morgan fingerprint density at radius 3 is 0.913 bits per heavy atom. The molecular weight excluding hydrogens is 564 g/mol. The van der Waals surface area contributed by atoms with Gasteiger partial charge >= 0.3 is 0 Å². The zero-order valence-electron chi connectivity index (χ0n) is 31.9. The maximum atomic E-state index is 6.36. The van der Waals surface area contributed by atoms with Gasteiger partial charge < -0.3 is 20.1 Å². The summed E-state index contributed by atoms with van der Waals surface area (Å²) in [7, 11) is 4.03. The molecule has 2 atom stereocenters. The van der Waals surface area contributed by atoms with Crippen molar-refractivity contribution in [3.8, 4) is 0 Å². The van der Waals surface area contributed by atoms with Crippen LogP contribution in [0.1, 0.15) is 194 Å². The van der Waals surface area contributed by atoms with E-state index >= 15 is 0 Å². The lowest BCUT2D eigenvalue weighted by molar-refractivity contribution is -0.0711. The van der Waals surface area contributed by atoms with E-state index in [1.165, 1.54) is 167 Å². The number of nitrogens with one attached hydrogen (secondary N) is 2. The molecule has 0 aromatic rings. The average Bonchev–Trinajstić information content (AvgIpc) is 3.06. The highest BCUT2D eigenvalue weighted by molar-refractivity contribution is 4.82. The predicted molar refractivity (Wildman–Crippen MR) is 206 cm³/mol. The topological polar surface area (TPSA) is 42.5 Å². The van der Waals surface area contributed by atoms with Gasteiger partial charge in [-0.05, 0) is 78.3 Å². The minimum absolute atomic E-state index is 0.106. The zero-order valence-corrected chi connectivity index (χ0v) is 31.9. The van der Waals surface area contributed by atoms with Gasteiger partial charge in [0.1, 0.15) is 0 Å². The van der Waals surface area contributed by atoms with E-state index in [-0.39, 0.29) is 12.2 Å². The highest BCUT2D eigenvalue weighted by Gasteiger charge is 2.21. The molecule has 2 N–H and O–H groups in total. The van der Waals surface area contributed by atoms with Crippen LogP contribution in [0.2, 0.25) is 0 Å². The highest BCUT2D eigenvalue weighted by atomic mass is 16.5. The molecule has 0 heterocycles. The molecule has 0 saturated heterocycles. The van der Waals surface area contributed by atoms with Crippen LogP contribution >= 0.6 is 0 Å². The molecule has 0 radical (unpaired) electrons. The second-order valence-corrected chi connectivity index (χ2v) is 13.8. The third kappa shape index (κ3) is 34.6. The molecule has 2 unspecified atom stereocenters. The monoisotopic (exact) mass is 649 g/mol. The number of ether oxygens (including phenoxy) is 2. The van der Waals surface area contributed by atoms with E-state index in [2.05, 4.69) is 48.8 Å². The number of allylic oxidation sites excluding steroid dienone is 4. The van der Waals surface area contributed by atoms with Crippen LogP contribution in [0.5, 0.6) is 0 Å². The fraction of sp³-hybridized carbons (Fsp3) is 0.905. The molecule has 0 saturated carbocycles. The van der Waals surface area contributed by atoms with Crippen LogP contribution in [0.25, 0.3) is 0 Å². The van der Waals surface area contributed by atoms with E-state index in [1.54, 1.807) is 0 Å². The normalized spacial score (nSPS) is 13.4. The Morgan fingerprint density at radius 1 is 0.370 bits per heavy atom. The summed E-state index contributed by atoms with van der Waals surface area (Å²) < 4.78 is 12.7. The molecule has 46 heavy (non-hydrogen) atoms. The van der Waals surface area contributed by atoms with E-state index in [4.69, 9.17) is 9.47 Å². The summed E-state index contributed by atoms with van der Waals surface area (Å²) in [6.07, 6.45) is 47.3. The summed E-state index contributed by atoms with van der Waals surface area (Å²) in [5.41, 5.74) is 0. The SMILES string of the molecule is CCCCCCCCC=CCCCCCCCCOC(CNC)C(CNC)OCCCCCCCCC=CCCCCCCCC. The van der Waals surface area contributed by atoms with Gasteiger partial charge in [0.2, 0.25) is 0 Å². The van der Waals surface area contributed by atoms with Crippen molar-refractivity contribution in [1.29, 1.82) is 0 Å². The van der Waals surface area contributed by atoms with Gasteiger partial charge in [-0.15, -0.1) is 0 Å². The lowest BCUT2D eigenvalue weighted by Crippen LogP contribution is -2.44. The van der Waals surface area contributed by atoms with Crippen LogP contribution in [-0.4, -0.2) is 52.6 Å². The Hall–Kier alpha value is -0.680. The number of likely N-dealkylation sites (N-methyl/N-ethyl adjacent to an activating group) is 2. The van der Waals surface area contributed by atoms with Crippen molar-refractivity contribution >= 4 is 0 Å². The molecule has 274 valence electrons. The third-order valence-electron chi connectivity index (χ3n) is 9.20. The summed E-state index contributed by atoms with van der Waals surface area (Å²) in [5.74, 6) is 0. The fourth-order valence-corrected chi connectivity index (χ4v) is 6.17. The first-order valence-electron chi connectivity index (χ1n) is 20.6. The molecule has 4 nitrogen and oxygen atoms in total. The first-order valence-corrected chi connectivity index (χ1v) is 20.6. The van der Waals surface area contributed by atoms with Gasteiger partial charge in [-0.3, -0.25) is 0 Å². The molecule has 0 spiro atoms. The van der Waals surface area contributed by atoms with Gasteiger partial charge in [-0.2, -0.15) is 0 Å². The molecule has 0 aliphatic rings. The van der Waals surface area contributed by atoms with Crippen molar-refractivity contribution in [2.45, 2.75) is 206 Å². The maximum absolute atomic E-state index is 6.36. The van der Waals surface area contributed by atoms with Gasteiger partial charge in [0.05, 0.1) is 12.2 Å². The largest absolute Gasteiger partial charge is 0.374 e. The Morgan fingerprint density at radius 2 is 0.630 bits per heavy atom. The van der Waals surface area contributed by atoms with E-state index in [0.717, 1.165) is 39.1 Å². The van der Waals surface area contributed by atoms with Crippen molar-refractivity contribution in [3.05, 3.63) is 24.3 Å². The average molecular weight is 649 g/mol. The third-order valence-corrected chi connectivity index (χ3v) is 9.20. The molecular formula is C42H84N2O2. The molecule has 0 aromatic heterocycles. The van der Waals surface area contributed by atoms with E-state index < -0.39 is 0 Å². The summed E-state index contributed by atoms with van der Waals surface area (Å²) >= 11 is 0. The Labute approximate surface area is 290 Å². The molecule has 0 aliphatic carbocycles. The van der Waals surface area contributed by atoms with Crippen LogP contribution in [0, 0.1) is 0 Å². The quantitative estimate of drug-likeness (QED) is 0.0514. The van der Waals surface area contributed by atoms with Crippen LogP contribution in [0.4, 0.5) is 0 Å². The van der Waals surface area contributed by atoms with Crippen molar-refractivity contribution < 1.29 is 9.47 Å². The number of rotatable bonds is 39.